The number of anilines is 2. The Balaban J connectivity index is 1.65. The summed E-state index contributed by atoms with van der Waals surface area (Å²) in [5, 5.41) is 4.17. The van der Waals surface area contributed by atoms with E-state index in [4.69, 9.17) is 25.8 Å². The fraction of sp³-hybridized carbons (Fsp3) is 0.429. The van der Waals surface area contributed by atoms with Crippen molar-refractivity contribution < 1.29 is 14.2 Å². The summed E-state index contributed by atoms with van der Waals surface area (Å²) >= 11 is 6.50. The number of nitrogens with zero attached hydrogens (tertiary/aromatic N) is 1. The van der Waals surface area contributed by atoms with Crippen molar-refractivity contribution in [1.82, 2.24) is 0 Å². The van der Waals surface area contributed by atoms with E-state index in [1.807, 2.05) is 38.1 Å². The van der Waals surface area contributed by atoms with Gasteiger partial charge in [0.25, 0.3) is 0 Å². The molecule has 2 aromatic rings. The molecule has 0 unspecified atom stereocenters. The minimum atomic E-state index is 0.106. The maximum absolute atomic E-state index is 6.50. The lowest BCUT2D eigenvalue weighted by Gasteiger charge is -2.29. The summed E-state index contributed by atoms with van der Waals surface area (Å²) in [6.45, 7) is 7.90. The number of methoxy groups -OCH3 is 1. The molecule has 0 radical (unpaired) electrons. The van der Waals surface area contributed by atoms with Crippen LogP contribution in [-0.2, 0) is 11.3 Å². The SMILES string of the molecule is COc1cc(CNc2ccc(N3CCOCC3)c(Cl)c2)ccc1OC(C)C. The lowest BCUT2D eigenvalue weighted by atomic mass is 10.2. The first kappa shape index (κ1) is 19.6. The molecule has 0 amide bonds. The predicted molar refractivity (Wildman–Crippen MR) is 111 cm³/mol. The van der Waals surface area contributed by atoms with Crippen LogP contribution < -0.4 is 19.7 Å². The molecule has 3 rings (SSSR count). The highest BCUT2D eigenvalue weighted by molar-refractivity contribution is 6.33. The van der Waals surface area contributed by atoms with Gasteiger partial charge in [-0.15, -0.1) is 0 Å². The van der Waals surface area contributed by atoms with Crippen LogP contribution in [0, 0.1) is 0 Å². The molecular weight excluding hydrogens is 364 g/mol. The first-order chi connectivity index (χ1) is 13.1. The molecule has 6 heteroatoms. The fourth-order valence-corrected chi connectivity index (χ4v) is 3.36. The standard InChI is InChI=1S/C21H27ClN2O3/c1-15(2)27-20-7-4-16(12-21(20)25-3)14-23-17-5-6-19(18(22)13-17)24-8-10-26-11-9-24/h4-7,12-13,15,23H,8-11,14H2,1-3H3. The van der Waals surface area contributed by atoms with E-state index < -0.39 is 0 Å². The van der Waals surface area contributed by atoms with Gasteiger partial charge in [-0.25, -0.2) is 0 Å². The number of halogens is 1. The molecule has 5 nitrogen and oxygen atoms in total. The molecule has 1 N–H and O–H groups in total. The molecule has 1 saturated heterocycles. The van der Waals surface area contributed by atoms with Crippen LogP contribution in [0.1, 0.15) is 19.4 Å². The zero-order valence-corrected chi connectivity index (χ0v) is 16.9. The molecule has 0 saturated carbocycles. The van der Waals surface area contributed by atoms with Gasteiger partial charge in [-0.2, -0.15) is 0 Å². The number of hydrogen-bond acceptors (Lipinski definition) is 5. The number of ether oxygens (including phenoxy) is 3. The average molecular weight is 391 g/mol. The van der Waals surface area contributed by atoms with E-state index in [1.165, 1.54) is 0 Å². The molecule has 0 aliphatic carbocycles. The van der Waals surface area contributed by atoms with Crippen molar-refractivity contribution in [1.29, 1.82) is 0 Å². The molecule has 0 spiro atoms. The number of benzene rings is 2. The van der Waals surface area contributed by atoms with Gasteiger partial charge in [-0.1, -0.05) is 17.7 Å². The minimum Gasteiger partial charge on any atom is -0.493 e. The first-order valence-electron chi connectivity index (χ1n) is 9.26. The predicted octanol–water partition coefficient (Wildman–Crippen LogP) is 4.58. The summed E-state index contributed by atoms with van der Waals surface area (Å²) < 4.78 is 16.6. The van der Waals surface area contributed by atoms with Crippen molar-refractivity contribution in [3.63, 3.8) is 0 Å². The Morgan fingerprint density at radius 2 is 1.89 bits per heavy atom. The van der Waals surface area contributed by atoms with E-state index in [0.717, 1.165) is 59.8 Å². The smallest absolute Gasteiger partial charge is 0.161 e. The van der Waals surface area contributed by atoms with Gasteiger partial charge in [-0.3, -0.25) is 0 Å². The third kappa shape index (κ3) is 5.21. The molecule has 2 aromatic carbocycles. The van der Waals surface area contributed by atoms with Gasteiger partial charge in [-0.05, 0) is 49.7 Å². The van der Waals surface area contributed by atoms with Gasteiger partial charge in [0.1, 0.15) is 0 Å². The highest BCUT2D eigenvalue weighted by atomic mass is 35.5. The molecule has 1 aliphatic rings. The monoisotopic (exact) mass is 390 g/mol. The minimum absolute atomic E-state index is 0.106. The Kier molecular flexibility index (Phi) is 6.69. The highest BCUT2D eigenvalue weighted by Gasteiger charge is 2.14. The van der Waals surface area contributed by atoms with Crippen molar-refractivity contribution in [3.8, 4) is 11.5 Å². The summed E-state index contributed by atoms with van der Waals surface area (Å²) in [5.41, 5.74) is 3.15. The van der Waals surface area contributed by atoms with Crippen molar-refractivity contribution in [2.45, 2.75) is 26.5 Å². The summed E-state index contributed by atoms with van der Waals surface area (Å²) in [5.74, 6) is 1.50. The molecule has 1 aliphatic heterocycles. The van der Waals surface area contributed by atoms with Gasteiger partial charge in [0.15, 0.2) is 11.5 Å². The molecule has 1 heterocycles. The van der Waals surface area contributed by atoms with Crippen LogP contribution in [0.25, 0.3) is 0 Å². The molecule has 0 bridgehead atoms. The summed E-state index contributed by atoms with van der Waals surface area (Å²) in [4.78, 5) is 2.26. The first-order valence-corrected chi connectivity index (χ1v) is 9.64. The van der Waals surface area contributed by atoms with Crippen LogP contribution in [-0.4, -0.2) is 39.5 Å². The molecule has 27 heavy (non-hydrogen) atoms. The number of hydrogen-bond donors (Lipinski definition) is 1. The summed E-state index contributed by atoms with van der Waals surface area (Å²) in [6.07, 6.45) is 0.106. The normalized spacial score (nSPS) is 14.3. The Hall–Kier alpha value is -2.11. The second kappa shape index (κ2) is 9.20. The second-order valence-corrected chi connectivity index (χ2v) is 7.18. The van der Waals surface area contributed by atoms with E-state index in [1.54, 1.807) is 7.11 Å². The zero-order chi connectivity index (χ0) is 19.2. The Morgan fingerprint density at radius 1 is 1.11 bits per heavy atom. The topological polar surface area (TPSA) is 43.0 Å². The third-order valence-corrected chi connectivity index (χ3v) is 4.69. The average Bonchev–Trinajstić information content (AvgIpc) is 2.67. The van der Waals surface area contributed by atoms with Crippen molar-refractivity contribution in [2.75, 3.05) is 43.6 Å². The van der Waals surface area contributed by atoms with E-state index in [2.05, 4.69) is 22.3 Å². The van der Waals surface area contributed by atoms with Crippen molar-refractivity contribution in [2.24, 2.45) is 0 Å². The highest BCUT2D eigenvalue weighted by Crippen LogP contribution is 2.31. The number of nitrogens with one attached hydrogen (secondary N) is 1. The Labute approximate surface area is 166 Å². The van der Waals surface area contributed by atoms with E-state index in [9.17, 15) is 0 Å². The van der Waals surface area contributed by atoms with Crippen LogP contribution in [0.3, 0.4) is 0 Å². The summed E-state index contributed by atoms with van der Waals surface area (Å²) in [6, 6.07) is 12.1. The van der Waals surface area contributed by atoms with Crippen LogP contribution in [0.2, 0.25) is 5.02 Å². The van der Waals surface area contributed by atoms with Gasteiger partial charge >= 0.3 is 0 Å². The van der Waals surface area contributed by atoms with Crippen LogP contribution in [0.15, 0.2) is 36.4 Å². The van der Waals surface area contributed by atoms with Crippen LogP contribution >= 0.6 is 11.6 Å². The quantitative estimate of drug-likeness (QED) is 0.749. The molecule has 1 fully saturated rings. The molecule has 146 valence electrons. The number of rotatable bonds is 7. The molecule has 0 atom stereocenters. The largest absolute Gasteiger partial charge is 0.493 e. The molecular formula is C21H27ClN2O3. The Bertz CT molecular complexity index is 761. The zero-order valence-electron chi connectivity index (χ0n) is 16.1. The van der Waals surface area contributed by atoms with Gasteiger partial charge in [0, 0.05) is 25.3 Å². The van der Waals surface area contributed by atoms with Crippen molar-refractivity contribution >= 4 is 23.0 Å². The maximum atomic E-state index is 6.50. The number of morpholine rings is 1. The van der Waals surface area contributed by atoms with E-state index in [0.29, 0.717) is 6.54 Å². The van der Waals surface area contributed by atoms with Gasteiger partial charge in [0.05, 0.1) is 37.1 Å². The lowest BCUT2D eigenvalue weighted by Crippen LogP contribution is -2.36. The van der Waals surface area contributed by atoms with Crippen molar-refractivity contribution in [3.05, 3.63) is 47.0 Å². The third-order valence-electron chi connectivity index (χ3n) is 4.39. The lowest BCUT2D eigenvalue weighted by molar-refractivity contribution is 0.122. The van der Waals surface area contributed by atoms with Gasteiger partial charge in [0.2, 0.25) is 0 Å². The fourth-order valence-electron chi connectivity index (χ4n) is 3.05. The van der Waals surface area contributed by atoms with E-state index >= 15 is 0 Å². The van der Waals surface area contributed by atoms with Crippen LogP contribution in [0.5, 0.6) is 11.5 Å². The summed E-state index contributed by atoms with van der Waals surface area (Å²) in [7, 11) is 1.66. The molecule has 0 aromatic heterocycles. The second-order valence-electron chi connectivity index (χ2n) is 6.77. The Morgan fingerprint density at radius 3 is 2.56 bits per heavy atom. The van der Waals surface area contributed by atoms with Crippen LogP contribution in [0.4, 0.5) is 11.4 Å². The van der Waals surface area contributed by atoms with E-state index in [-0.39, 0.29) is 6.10 Å². The van der Waals surface area contributed by atoms with Gasteiger partial charge < -0.3 is 24.4 Å². The maximum Gasteiger partial charge on any atom is 0.161 e.